The zero-order valence-electron chi connectivity index (χ0n) is 16.0. The van der Waals surface area contributed by atoms with E-state index in [1.165, 1.54) is 19.2 Å². The summed E-state index contributed by atoms with van der Waals surface area (Å²) < 4.78 is 32.5. The van der Waals surface area contributed by atoms with Crippen molar-refractivity contribution in [2.45, 2.75) is 18.2 Å². The van der Waals surface area contributed by atoms with E-state index in [0.29, 0.717) is 29.3 Å². The number of ether oxygens (including phenoxy) is 1. The lowest BCUT2D eigenvalue weighted by Gasteiger charge is -2.06. The van der Waals surface area contributed by atoms with Crippen molar-refractivity contribution in [2.75, 3.05) is 18.4 Å². The molecule has 0 unspecified atom stereocenters. The van der Waals surface area contributed by atoms with Gasteiger partial charge in [0.05, 0.1) is 17.7 Å². The number of aryl methyl sites for hydroxylation is 1. The third-order valence-electron chi connectivity index (χ3n) is 4.14. The summed E-state index contributed by atoms with van der Waals surface area (Å²) in [6, 6.07) is 15.8. The molecule has 2 N–H and O–H groups in total. The number of rotatable bonds is 8. The van der Waals surface area contributed by atoms with Crippen molar-refractivity contribution in [1.82, 2.24) is 10.3 Å². The second kappa shape index (κ2) is 9.06. The molecule has 0 aliphatic heterocycles. The van der Waals surface area contributed by atoms with Gasteiger partial charge in [0.15, 0.2) is 5.13 Å². The van der Waals surface area contributed by atoms with Crippen LogP contribution in [0.1, 0.15) is 20.9 Å². The summed E-state index contributed by atoms with van der Waals surface area (Å²) in [4.78, 5) is 17.1. The van der Waals surface area contributed by atoms with E-state index in [0.717, 1.165) is 16.9 Å². The number of hydrogen-bond donors (Lipinski definition) is 2. The predicted octanol–water partition coefficient (Wildman–Crippen LogP) is 3.23. The minimum absolute atomic E-state index is 0.0833. The van der Waals surface area contributed by atoms with Gasteiger partial charge in [0.2, 0.25) is 0 Å². The predicted molar refractivity (Wildman–Crippen MR) is 113 cm³/mol. The van der Waals surface area contributed by atoms with Crippen molar-refractivity contribution in [3.05, 3.63) is 70.7 Å². The molecular weight excluding hydrogens is 410 g/mol. The molecule has 0 atom stereocenters. The zero-order valence-corrected chi connectivity index (χ0v) is 17.6. The lowest BCUT2D eigenvalue weighted by molar-refractivity contribution is 0.0957. The number of amides is 1. The molecule has 3 rings (SSSR count). The van der Waals surface area contributed by atoms with E-state index < -0.39 is 10.0 Å². The van der Waals surface area contributed by atoms with E-state index in [9.17, 15) is 13.2 Å². The monoisotopic (exact) mass is 431 g/mol. The summed E-state index contributed by atoms with van der Waals surface area (Å²) in [6.07, 6.45) is 0.710. The highest BCUT2D eigenvalue weighted by Crippen LogP contribution is 2.25. The Morgan fingerprint density at radius 1 is 1.10 bits per heavy atom. The van der Waals surface area contributed by atoms with Crippen LogP contribution in [0.4, 0.5) is 5.13 Å². The van der Waals surface area contributed by atoms with Gasteiger partial charge in [-0.15, -0.1) is 0 Å². The fourth-order valence-corrected chi connectivity index (χ4v) is 4.74. The standard InChI is InChI=1S/C20H21N3O4S2/c1-14-18(19(24)21-13-12-15-6-4-3-5-7-15)28-20(22-14)23-29(25,26)17-10-8-16(27-2)9-11-17/h3-11H,12-13H2,1-2H3,(H,21,24)(H,22,23). The van der Waals surface area contributed by atoms with Crippen LogP contribution in [0.2, 0.25) is 0 Å². The average molecular weight is 432 g/mol. The highest BCUT2D eigenvalue weighted by molar-refractivity contribution is 7.93. The molecule has 1 amide bonds. The van der Waals surface area contributed by atoms with Gasteiger partial charge in [0.1, 0.15) is 10.6 Å². The number of methoxy groups -OCH3 is 1. The topological polar surface area (TPSA) is 97.4 Å². The molecule has 9 heteroatoms. The van der Waals surface area contributed by atoms with Crippen LogP contribution in [0.15, 0.2) is 59.5 Å². The lowest BCUT2D eigenvalue weighted by atomic mass is 10.1. The molecule has 0 bridgehead atoms. The second-order valence-corrected chi connectivity index (χ2v) is 8.89. The molecule has 0 fully saturated rings. The molecule has 0 aliphatic rings. The molecule has 1 aromatic heterocycles. The number of sulfonamides is 1. The lowest BCUT2D eigenvalue weighted by Crippen LogP contribution is -2.25. The first-order valence-corrected chi connectivity index (χ1v) is 11.2. The quantitative estimate of drug-likeness (QED) is 0.571. The maximum absolute atomic E-state index is 12.5. The Morgan fingerprint density at radius 3 is 2.45 bits per heavy atom. The average Bonchev–Trinajstić information content (AvgIpc) is 3.08. The van der Waals surface area contributed by atoms with Crippen LogP contribution in [0.25, 0.3) is 0 Å². The van der Waals surface area contributed by atoms with E-state index in [1.807, 2.05) is 30.3 Å². The van der Waals surface area contributed by atoms with Crippen LogP contribution < -0.4 is 14.8 Å². The Labute approximate surface area is 173 Å². The molecule has 7 nitrogen and oxygen atoms in total. The highest BCUT2D eigenvalue weighted by Gasteiger charge is 2.20. The highest BCUT2D eigenvalue weighted by atomic mass is 32.2. The van der Waals surface area contributed by atoms with Crippen molar-refractivity contribution in [3.8, 4) is 5.75 Å². The SMILES string of the molecule is COc1ccc(S(=O)(=O)Nc2nc(C)c(C(=O)NCCc3ccccc3)s2)cc1. The van der Waals surface area contributed by atoms with Gasteiger partial charge in [-0.05, 0) is 43.2 Å². The Hall–Kier alpha value is -2.91. The fraction of sp³-hybridized carbons (Fsp3) is 0.200. The number of nitrogens with zero attached hydrogens (tertiary/aromatic N) is 1. The van der Waals surface area contributed by atoms with E-state index in [1.54, 1.807) is 19.1 Å². The molecule has 29 heavy (non-hydrogen) atoms. The fourth-order valence-electron chi connectivity index (χ4n) is 2.62. The van der Waals surface area contributed by atoms with Gasteiger partial charge in [0, 0.05) is 6.54 Å². The first-order valence-electron chi connectivity index (χ1n) is 8.85. The summed E-state index contributed by atoms with van der Waals surface area (Å²) in [6.45, 7) is 2.15. The van der Waals surface area contributed by atoms with Gasteiger partial charge in [-0.1, -0.05) is 41.7 Å². The van der Waals surface area contributed by atoms with Crippen molar-refractivity contribution < 1.29 is 17.9 Å². The molecule has 0 spiro atoms. The maximum Gasteiger partial charge on any atom is 0.263 e. The number of aromatic nitrogens is 1. The first kappa shape index (κ1) is 20.8. The van der Waals surface area contributed by atoms with Crippen molar-refractivity contribution in [3.63, 3.8) is 0 Å². The minimum atomic E-state index is -3.81. The minimum Gasteiger partial charge on any atom is -0.497 e. The van der Waals surface area contributed by atoms with Crippen molar-refractivity contribution in [2.24, 2.45) is 0 Å². The van der Waals surface area contributed by atoms with E-state index in [4.69, 9.17) is 4.74 Å². The second-order valence-electron chi connectivity index (χ2n) is 6.21. The number of nitrogens with one attached hydrogen (secondary N) is 2. The van der Waals surface area contributed by atoms with Crippen LogP contribution >= 0.6 is 11.3 Å². The smallest absolute Gasteiger partial charge is 0.263 e. The number of hydrogen-bond acceptors (Lipinski definition) is 6. The van der Waals surface area contributed by atoms with E-state index >= 15 is 0 Å². The Kier molecular flexibility index (Phi) is 6.50. The Balaban J connectivity index is 1.64. The third-order valence-corrected chi connectivity index (χ3v) is 6.69. The summed E-state index contributed by atoms with van der Waals surface area (Å²) in [5, 5.41) is 2.99. The molecule has 1 heterocycles. The maximum atomic E-state index is 12.5. The Morgan fingerprint density at radius 2 is 1.79 bits per heavy atom. The molecule has 0 saturated carbocycles. The van der Waals surface area contributed by atoms with Gasteiger partial charge in [-0.25, -0.2) is 13.4 Å². The summed E-state index contributed by atoms with van der Waals surface area (Å²) >= 11 is 1.00. The first-order chi connectivity index (χ1) is 13.9. The number of anilines is 1. The third kappa shape index (κ3) is 5.33. The van der Waals surface area contributed by atoms with Gasteiger partial charge in [-0.3, -0.25) is 9.52 Å². The van der Waals surface area contributed by atoms with Crippen LogP contribution in [-0.4, -0.2) is 33.0 Å². The zero-order chi connectivity index (χ0) is 20.9. The molecule has 0 saturated heterocycles. The number of benzene rings is 2. The van der Waals surface area contributed by atoms with Gasteiger partial charge in [-0.2, -0.15) is 0 Å². The van der Waals surface area contributed by atoms with Gasteiger partial charge in [0.25, 0.3) is 15.9 Å². The van der Waals surface area contributed by atoms with Crippen LogP contribution in [0.5, 0.6) is 5.75 Å². The molecule has 2 aromatic carbocycles. The number of thiazole rings is 1. The molecule has 0 aliphatic carbocycles. The van der Waals surface area contributed by atoms with Crippen LogP contribution in [0, 0.1) is 6.92 Å². The number of carbonyl (C=O) groups is 1. The molecular formula is C20H21N3O4S2. The van der Waals surface area contributed by atoms with Gasteiger partial charge < -0.3 is 10.1 Å². The summed E-state index contributed by atoms with van der Waals surface area (Å²) in [5.41, 5.74) is 1.60. The molecule has 0 radical (unpaired) electrons. The van der Waals surface area contributed by atoms with Crippen molar-refractivity contribution >= 4 is 32.4 Å². The summed E-state index contributed by atoms with van der Waals surface area (Å²) in [5.74, 6) is 0.286. The molecule has 3 aromatic rings. The van der Waals surface area contributed by atoms with Crippen LogP contribution in [0.3, 0.4) is 0 Å². The molecule has 152 valence electrons. The van der Waals surface area contributed by atoms with E-state index in [-0.39, 0.29) is 15.9 Å². The van der Waals surface area contributed by atoms with E-state index in [2.05, 4.69) is 15.0 Å². The van der Waals surface area contributed by atoms with Crippen LogP contribution in [-0.2, 0) is 16.4 Å². The Bertz CT molecular complexity index is 1080. The normalized spacial score (nSPS) is 11.1. The van der Waals surface area contributed by atoms with Gasteiger partial charge >= 0.3 is 0 Å². The summed E-state index contributed by atoms with van der Waals surface area (Å²) in [7, 11) is -2.30. The number of carbonyl (C=O) groups excluding carboxylic acids is 1. The van der Waals surface area contributed by atoms with Crippen molar-refractivity contribution in [1.29, 1.82) is 0 Å². The largest absolute Gasteiger partial charge is 0.497 e.